The van der Waals surface area contributed by atoms with Gasteiger partial charge in [-0.05, 0) is 46.6 Å². The zero-order valence-corrected chi connectivity index (χ0v) is 14.0. The monoisotopic (exact) mass is 381 g/mol. The van der Waals surface area contributed by atoms with Crippen molar-refractivity contribution in [1.82, 2.24) is 4.31 Å². The number of hydrogen-bond donors (Lipinski definition) is 1. The molecule has 8 heteroatoms. The minimum Gasteiger partial charge on any atom is -0.481 e. The zero-order chi connectivity index (χ0) is 14.8. The van der Waals surface area contributed by atoms with Gasteiger partial charge in [0.05, 0.1) is 0 Å². The van der Waals surface area contributed by atoms with Crippen molar-refractivity contribution in [3.8, 4) is 0 Å². The molecule has 20 heavy (non-hydrogen) atoms. The van der Waals surface area contributed by atoms with Crippen LogP contribution in [0.2, 0.25) is 0 Å². The Morgan fingerprint density at radius 1 is 1.50 bits per heavy atom. The van der Waals surface area contributed by atoms with Crippen LogP contribution in [0.4, 0.5) is 0 Å². The van der Waals surface area contributed by atoms with Gasteiger partial charge in [0, 0.05) is 23.5 Å². The summed E-state index contributed by atoms with van der Waals surface area (Å²) in [6.45, 7) is 0.469. The molecule has 1 aromatic rings. The molecule has 1 atom stereocenters. The van der Waals surface area contributed by atoms with Crippen molar-refractivity contribution in [2.75, 3.05) is 6.54 Å². The van der Waals surface area contributed by atoms with Crippen LogP contribution < -0.4 is 0 Å². The molecule has 1 unspecified atom stereocenters. The highest BCUT2D eigenvalue weighted by Crippen LogP contribution is 2.34. The molecule has 5 nitrogen and oxygen atoms in total. The van der Waals surface area contributed by atoms with Crippen LogP contribution in [0, 0.1) is 0 Å². The molecule has 1 saturated heterocycles. The second kappa shape index (κ2) is 6.55. The van der Waals surface area contributed by atoms with E-state index < -0.39 is 16.0 Å². The number of rotatable bonds is 5. The fourth-order valence-electron chi connectivity index (χ4n) is 2.44. The lowest BCUT2D eigenvalue weighted by molar-refractivity contribution is -0.137. The third-order valence-corrected chi connectivity index (χ3v) is 7.99. The number of nitrogens with zero attached hydrogens (tertiary/aromatic N) is 1. The van der Waals surface area contributed by atoms with Crippen molar-refractivity contribution in [3.63, 3.8) is 0 Å². The van der Waals surface area contributed by atoms with Gasteiger partial charge in [0.15, 0.2) is 0 Å². The summed E-state index contributed by atoms with van der Waals surface area (Å²) in [6.07, 6.45) is 2.88. The van der Waals surface area contributed by atoms with Crippen molar-refractivity contribution in [2.24, 2.45) is 0 Å². The quantitative estimate of drug-likeness (QED) is 0.850. The maximum absolute atomic E-state index is 12.7. The largest absolute Gasteiger partial charge is 0.481 e. The second-order valence-electron chi connectivity index (χ2n) is 4.75. The molecule has 112 valence electrons. The fourth-order valence-corrected chi connectivity index (χ4v) is 6.59. The Kier molecular flexibility index (Phi) is 5.22. The van der Waals surface area contributed by atoms with Crippen LogP contribution in [0.25, 0.3) is 0 Å². The first-order chi connectivity index (χ1) is 9.43. The van der Waals surface area contributed by atoms with Gasteiger partial charge in [0.25, 0.3) is 10.0 Å². The number of thiophene rings is 1. The summed E-state index contributed by atoms with van der Waals surface area (Å²) in [5.41, 5.74) is 0. The van der Waals surface area contributed by atoms with Crippen molar-refractivity contribution in [1.29, 1.82) is 0 Å². The first kappa shape index (κ1) is 15.9. The summed E-state index contributed by atoms with van der Waals surface area (Å²) in [7, 11) is -3.53. The van der Waals surface area contributed by atoms with E-state index in [1.54, 1.807) is 11.4 Å². The average Bonchev–Trinajstić information content (AvgIpc) is 2.83. The SMILES string of the molecule is O=C(O)CCC1CCCCN1S(=O)(=O)c1sccc1Br. The molecule has 0 radical (unpaired) electrons. The van der Waals surface area contributed by atoms with Gasteiger partial charge in [0.1, 0.15) is 4.21 Å². The topological polar surface area (TPSA) is 74.7 Å². The first-order valence-electron chi connectivity index (χ1n) is 6.39. The smallest absolute Gasteiger partial charge is 0.303 e. The van der Waals surface area contributed by atoms with Crippen LogP contribution in [0.3, 0.4) is 0 Å². The van der Waals surface area contributed by atoms with Crippen LogP contribution >= 0.6 is 27.3 Å². The van der Waals surface area contributed by atoms with E-state index >= 15 is 0 Å². The molecule has 0 aliphatic carbocycles. The lowest BCUT2D eigenvalue weighted by atomic mass is 10.0. The highest BCUT2D eigenvalue weighted by Gasteiger charge is 2.35. The summed E-state index contributed by atoms with van der Waals surface area (Å²) in [6, 6.07) is 1.51. The minimum absolute atomic E-state index is 0.00228. The van der Waals surface area contributed by atoms with Gasteiger partial charge >= 0.3 is 5.97 Å². The number of carboxylic acids is 1. The molecule has 2 rings (SSSR count). The van der Waals surface area contributed by atoms with Crippen LogP contribution in [-0.4, -0.2) is 36.4 Å². The Balaban J connectivity index is 2.23. The van der Waals surface area contributed by atoms with E-state index in [-0.39, 0.29) is 12.5 Å². The van der Waals surface area contributed by atoms with Gasteiger partial charge in [-0.1, -0.05) is 6.42 Å². The summed E-state index contributed by atoms with van der Waals surface area (Å²) in [4.78, 5) is 10.7. The summed E-state index contributed by atoms with van der Waals surface area (Å²) >= 11 is 4.45. The van der Waals surface area contributed by atoms with E-state index in [2.05, 4.69) is 15.9 Å². The van der Waals surface area contributed by atoms with E-state index in [1.165, 1.54) is 15.6 Å². The number of hydrogen-bond acceptors (Lipinski definition) is 4. The van der Waals surface area contributed by atoms with E-state index in [4.69, 9.17) is 5.11 Å². The minimum atomic E-state index is -3.53. The highest BCUT2D eigenvalue weighted by molar-refractivity contribution is 9.10. The van der Waals surface area contributed by atoms with Gasteiger partial charge < -0.3 is 5.11 Å². The molecule has 0 aromatic carbocycles. The van der Waals surface area contributed by atoms with Crippen LogP contribution in [-0.2, 0) is 14.8 Å². The number of carboxylic acid groups (broad SMARTS) is 1. The number of sulfonamides is 1. The normalized spacial score (nSPS) is 20.9. The second-order valence-corrected chi connectivity index (χ2v) is 8.61. The Morgan fingerprint density at radius 2 is 2.25 bits per heavy atom. The van der Waals surface area contributed by atoms with Gasteiger partial charge in [-0.2, -0.15) is 4.31 Å². The van der Waals surface area contributed by atoms with Crippen LogP contribution in [0.5, 0.6) is 0 Å². The number of carbonyl (C=O) groups is 1. The zero-order valence-electron chi connectivity index (χ0n) is 10.8. The molecule has 1 fully saturated rings. The predicted molar refractivity (Wildman–Crippen MR) is 80.4 cm³/mol. The molecule has 1 aromatic heterocycles. The van der Waals surface area contributed by atoms with Crippen molar-refractivity contribution < 1.29 is 18.3 Å². The van der Waals surface area contributed by atoms with Gasteiger partial charge in [-0.3, -0.25) is 4.79 Å². The number of halogens is 1. The standard InChI is InChI=1S/C12H16BrNO4S2/c13-10-6-8-19-12(10)20(17,18)14-7-2-1-3-9(14)4-5-11(15)16/h6,8-9H,1-5,7H2,(H,15,16). The third-order valence-electron chi connectivity index (χ3n) is 3.39. The Morgan fingerprint density at radius 3 is 2.85 bits per heavy atom. The maximum atomic E-state index is 12.7. The lowest BCUT2D eigenvalue weighted by Gasteiger charge is -2.34. The van der Waals surface area contributed by atoms with Crippen LogP contribution in [0.15, 0.2) is 20.1 Å². The molecule has 1 N–H and O–H groups in total. The predicted octanol–water partition coefficient (Wildman–Crippen LogP) is 2.92. The number of aliphatic carboxylic acids is 1. The lowest BCUT2D eigenvalue weighted by Crippen LogP contribution is -2.43. The van der Waals surface area contributed by atoms with Gasteiger partial charge in [-0.25, -0.2) is 8.42 Å². The fraction of sp³-hybridized carbons (Fsp3) is 0.583. The van der Waals surface area contributed by atoms with E-state index in [0.717, 1.165) is 19.3 Å². The van der Waals surface area contributed by atoms with E-state index in [1.807, 2.05) is 0 Å². The van der Waals surface area contributed by atoms with Gasteiger partial charge in [0.2, 0.25) is 0 Å². The molecular formula is C12H16BrNO4S2. The van der Waals surface area contributed by atoms with E-state index in [0.29, 0.717) is 21.6 Å². The maximum Gasteiger partial charge on any atom is 0.303 e. The first-order valence-corrected chi connectivity index (χ1v) is 9.51. The molecule has 0 bridgehead atoms. The Labute approximate surface area is 130 Å². The average molecular weight is 382 g/mol. The van der Waals surface area contributed by atoms with Crippen molar-refractivity contribution >= 4 is 43.3 Å². The summed E-state index contributed by atoms with van der Waals surface area (Å²) < 4.78 is 27.7. The third kappa shape index (κ3) is 3.41. The van der Waals surface area contributed by atoms with E-state index in [9.17, 15) is 13.2 Å². The Bertz CT molecular complexity index is 584. The molecule has 2 heterocycles. The molecule has 0 spiro atoms. The molecular weight excluding hydrogens is 366 g/mol. The molecule has 1 aliphatic heterocycles. The summed E-state index contributed by atoms with van der Waals surface area (Å²) in [5, 5.41) is 10.5. The Hall–Kier alpha value is -0.440. The molecule has 0 saturated carbocycles. The molecule has 0 amide bonds. The van der Waals surface area contributed by atoms with Crippen molar-refractivity contribution in [3.05, 3.63) is 15.9 Å². The summed E-state index contributed by atoms with van der Waals surface area (Å²) in [5.74, 6) is -0.884. The molecule has 1 aliphatic rings. The van der Waals surface area contributed by atoms with Crippen LogP contribution in [0.1, 0.15) is 32.1 Å². The van der Waals surface area contributed by atoms with Gasteiger partial charge in [-0.15, -0.1) is 11.3 Å². The number of piperidine rings is 1. The van der Waals surface area contributed by atoms with Crippen molar-refractivity contribution in [2.45, 2.75) is 42.4 Å². The highest BCUT2D eigenvalue weighted by atomic mass is 79.9.